The van der Waals surface area contributed by atoms with E-state index >= 15 is 0 Å². The fraction of sp³-hybridized carbons (Fsp3) is 0.452. The van der Waals surface area contributed by atoms with E-state index in [1.165, 1.54) is 31.4 Å². The third kappa shape index (κ3) is 7.33. The van der Waals surface area contributed by atoms with Crippen LogP contribution in [0.2, 0.25) is 0 Å². The SMILES string of the molecule is C=Nn1c(/C=C(\C)C#N)ccc1-c1cc(NC2CC2)c(-c2nnc(N3CC4CCC(C3)N4CC3CCN(c4ccc([C@H]5CCC(=O)NC5=O)cc4)CC3)s2)cn1. The number of rotatable bonds is 11. The molecular formula is C42H47N11O2S. The van der Waals surface area contributed by atoms with Crippen LogP contribution in [0.4, 0.5) is 16.5 Å². The molecule has 4 aromatic rings. The minimum absolute atomic E-state index is 0.174. The van der Waals surface area contributed by atoms with Crippen LogP contribution in [0.3, 0.4) is 0 Å². The molecule has 2 bridgehead atoms. The van der Waals surface area contributed by atoms with Crippen LogP contribution in [0.5, 0.6) is 0 Å². The zero-order chi connectivity index (χ0) is 38.3. The Morgan fingerprint density at radius 2 is 1.79 bits per heavy atom. The number of nitrogens with zero attached hydrogens (tertiary/aromatic N) is 9. The quantitative estimate of drug-likeness (QED) is 0.104. The summed E-state index contributed by atoms with van der Waals surface area (Å²) in [7, 11) is 0. The molecule has 56 heavy (non-hydrogen) atoms. The van der Waals surface area contributed by atoms with Crippen molar-refractivity contribution in [3.05, 3.63) is 65.5 Å². The first-order valence-electron chi connectivity index (χ1n) is 19.9. The van der Waals surface area contributed by atoms with Crippen LogP contribution in [-0.2, 0) is 9.59 Å². The van der Waals surface area contributed by atoms with Crippen LogP contribution < -0.4 is 20.4 Å². The van der Waals surface area contributed by atoms with Gasteiger partial charge in [-0.15, -0.1) is 10.2 Å². The highest BCUT2D eigenvalue weighted by atomic mass is 32.1. The third-order valence-corrected chi connectivity index (χ3v) is 13.2. The molecular weight excluding hydrogens is 723 g/mol. The average molecular weight is 770 g/mol. The Labute approximate surface area is 331 Å². The average Bonchev–Trinajstić information content (AvgIpc) is 3.63. The van der Waals surface area contributed by atoms with Crippen molar-refractivity contribution in [2.24, 2.45) is 11.0 Å². The van der Waals surface area contributed by atoms with Gasteiger partial charge in [0.25, 0.3) is 0 Å². The van der Waals surface area contributed by atoms with Crippen molar-refractivity contribution in [3.8, 4) is 28.0 Å². The number of carbonyl (C=O) groups excluding carboxylic acids is 2. The van der Waals surface area contributed by atoms with E-state index in [1.54, 1.807) is 29.0 Å². The molecule has 1 aromatic carbocycles. The molecule has 3 aromatic heterocycles. The second-order valence-corrected chi connectivity index (χ2v) is 16.9. The zero-order valence-electron chi connectivity index (χ0n) is 31.7. The number of piperazine rings is 1. The lowest BCUT2D eigenvalue weighted by molar-refractivity contribution is -0.134. The molecule has 4 aliphatic heterocycles. The maximum absolute atomic E-state index is 12.3. The van der Waals surface area contributed by atoms with E-state index in [2.05, 4.69) is 73.6 Å². The van der Waals surface area contributed by atoms with Crippen molar-refractivity contribution in [1.82, 2.24) is 30.1 Å². The first-order valence-corrected chi connectivity index (χ1v) is 20.7. The van der Waals surface area contributed by atoms with Gasteiger partial charge in [-0.25, -0.2) is 4.68 Å². The lowest BCUT2D eigenvalue weighted by atomic mass is 9.90. The number of hydrogen-bond donors (Lipinski definition) is 2. The minimum Gasteiger partial charge on any atom is -0.382 e. The highest BCUT2D eigenvalue weighted by molar-refractivity contribution is 7.18. The van der Waals surface area contributed by atoms with E-state index in [1.807, 2.05) is 18.3 Å². The predicted octanol–water partition coefficient (Wildman–Crippen LogP) is 6.12. The van der Waals surface area contributed by atoms with E-state index in [9.17, 15) is 14.9 Å². The van der Waals surface area contributed by atoms with Gasteiger partial charge in [-0.1, -0.05) is 23.5 Å². The standard InChI is InChI=1S/C42H47N11O2S/c1-26(21-43)19-31-11-13-38(53(31)44-2)37-20-36(46-29-5-6-29)35(22-45-37)41-48-49-42(56-41)51-24-32-9-10-33(25-51)52(32)23-27-15-17-50(18-16-27)30-7-3-28(4-8-30)34-12-14-39(54)47-40(34)55/h3-4,7-8,11,13,19-20,22,27,29,32-34H,2,5-6,9-10,12,14-18,23-25H2,1H3,(H,45,46)(H,47,54,55)/b26-19+/t32?,33?,34-/m1/s1. The number of aromatic nitrogens is 4. The van der Waals surface area contributed by atoms with E-state index in [0.29, 0.717) is 42.5 Å². The molecule has 9 rings (SSSR count). The van der Waals surface area contributed by atoms with Gasteiger partial charge in [0, 0.05) is 87.1 Å². The van der Waals surface area contributed by atoms with E-state index in [0.717, 1.165) is 89.6 Å². The van der Waals surface area contributed by atoms with Crippen molar-refractivity contribution in [2.75, 3.05) is 47.8 Å². The number of piperidine rings is 2. The number of nitriles is 1. The Bertz CT molecular complexity index is 2190. The topological polar surface area (TPSA) is 148 Å². The fourth-order valence-electron chi connectivity index (χ4n) is 8.99. The smallest absolute Gasteiger partial charge is 0.234 e. The monoisotopic (exact) mass is 769 g/mol. The van der Waals surface area contributed by atoms with Gasteiger partial charge in [0.1, 0.15) is 0 Å². The van der Waals surface area contributed by atoms with Gasteiger partial charge in [0.15, 0.2) is 5.01 Å². The summed E-state index contributed by atoms with van der Waals surface area (Å²) in [5.74, 6) is 0.0830. The number of allylic oxidation sites excluding steroid dienone is 1. The Hall–Kier alpha value is -5.39. The van der Waals surface area contributed by atoms with Crippen LogP contribution in [0.15, 0.2) is 59.3 Å². The molecule has 2 unspecified atom stereocenters. The van der Waals surface area contributed by atoms with Crippen molar-refractivity contribution in [2.45, 2.75) is 82.3 Å². The molecule has 1 aliphatic carbocycles. The molecule has 1 saturated carbocycles. The maximum Gasteiger partial charge on any atom is 0.234 e. The van der Waals surface area contributed by atoms with Gasteiger partial charge < -0.3 is 15.1 Å². The summed E-state index contributed by atoms with van der Waals surface area (Å²) in [4.78, 5) is 36.5. The number of benzene rings is 1. The predicted molar refractivity (Wildman–Crippen MR) is 220 cm³/mol. The Kier molecular flexibility index (Phi) is 9.89. The summed E-state index contributed by atoms with van der Waals surface area (Å²) in [6.07, 6.45) is 11.7. The van der Waals surface area contributed by atoms with Crippen LogP contribution in [0.25, 0.3) is 28.0 Å². The lowest BCUT2D eigenvalue weighted by Gasteiger charge is -2.43. The van der Waals surface area contributed by atoms with Gasteiger partial charge in [0.05, 0.1) is 34.6 Å². The van der Waals surface area contributed by atoms with Gasteiger partial charge in [-0.3, -0.25) is 24.8 Å². The highest BCUT2D eigenvalue weighted by Crippen LogP contribution is 2.40. The molecule has 4 saturated heterocycles. The number of hydrogen-bond acceptors (Lipinski definition) is 12. The first-order chi connectivity index (χ1) is 27.3. The van der Waals surface area contributed by atoms with Gasteiger partial charge >= 0.3 is 0 Å². The van der Waals surface area contributed by atoms with E-state index in [-0.39, 0.29) is 17.7 Å². The third-order valence-electron chi connectivity index (χ3n) is 12.2. The summed E-state index contributed by atoms with van der Waals surface area (Å²) >= 11 is 1.65. The van der Waals surface area contributed by atoms with Crippen LogP contribution >= 0.6 is 11.3 Å². The number of nitrogens with one attached hydrogen (secondary N) is 2. The molecule has 14 heteroatoms. The lowest BCUT2D eigenvalue weighted by Crippen LogP contribution is -2.55. The second kappa shape index (κ2) is 15.3. The second-order valence-electron chi connectivity index (χ2n) is 16.0. The van der Waals surface area contributed by atoms with Crippen molar-refractivity contribution >= 4 is 52.5 Å². The Balaban J connectivity index is 0.828. The molecule has 13 nitrogen and oxygen atoms in total. The normalized spacial score (nSPS) is 23.3. The molecule has 2 amide bonds. The number of anilines is 3. The van der Waals surface area contributed by atoms with E-state index in [4.69, 9.17) is 15.2 Å². The highest BCUT2D eigenvalue weighted by Gasteiger charge is 2.42. The number of imide groups is 1. The number of amides is 2. The van der Waals surface area contributed by atoms with E-state index < -0.39 is 0 Å². The molecule has 5 fully saturated rings. The van der Waals surface area contributed by atoms with Gasteiger partial charge in [-0.05, 0) is 99.8 Å². The molecule has 288 valence electrons. The number of fused-ring (bicyclic) bond motifs is 2. The van der Waals surface area contributed by atoms with Crippen LogP contribution in [0.1, 0.15) is 75.5 Å². The summed E-state index contributed by atoms with van der Waals surface area (Å²) < 4.78 is 1.72. The van der Waals surface area contributed by atoms with Crippen molar-refractivity contribution in [3.63, 3.8) is 0 Å². The molecule has 0 radical (unpaired) electrons. The molecule has 0 spiro atoms. The molecule has 2 N–H and O–H groups in total. The van der Waals surface area contributed by atoms with Crippen LogP contribution in [0, 0.1) is 17.2 Å². The Morgan fingerprint density at radius 3 is 2.48 bits per heavy atom. The van der Waals surface area contributed by atoms with Crippen molar-refractivity contribution in [1.29, 1.82) is 5.26 Å². The van der Waals surface area contributed by atoms with Gasteiger partial charge in [-0.2, -0.15) is 10.4 Å². The summed E-state index contributed by atoms with van der Waals surface area (Å²) in [5, 5.41) is 31.0. The summed E-state index contributed by atoms with van der Waals surface area (Å²) in [6, 6.07) is 18.0. The zero-order valence-corrected chi connectivity index (χ0v) is 32.5. The largest absolute Gasteiger partial charge is 0.382 e. The Morgan fingerprint density at radius 1 is 1.02 bits per heavy atom. The number of pyridine rings is 1. The molecule has 5 aliphatic rings. The first kappa shape index (κ1) is 36.3. The fourth-order valence-corrected chi connectivity index (χ4v) is 9.88. The minimum atomic E-state index is -0.242. The van der Waals surface area contributed by atoms with Gasteiger partial charge in [0.2, 0.25) is 16.9 Å². The van der Waals surface area contributed by atoms with Crippen LogP contribution in [-0.4, -0.2) is 94.1 Å². The molecule has 7 heterocycles. The van der Waals surface area contributed by atoms with Crippen molar-refractivity contribution < 1.29 is 9.59 Å². The maximum atomic E-state index is 12.3. The molecule has 3 atom stereocenters. The summed E-state index contributed by atoms with van der Waals surface area (Å²) in [5.41, 5.74) is 7.07. The number of carbonyl (C=O) groups is 2. The summed E-state index contributed by atoms with van der Waals surface area (Å²) in [6.45, 7) is 10.7.